The molecule has 0 aromatic carbocycles. The Labute approximate surface area is 111 Å². The highest BCUT2D eigenvalue weighted by Gasteiger charge is 2.14. The first kappa shape index (κ1) is 12.3. The van der Waals surface area contributed by atoms with Gasteiger partial charge < -0.3 is 4.74 Å². The summed E-state index contributed by atoms with van der Waals surface area (Å²) >= 11 is 9.22. The largest absolute Gasteiger partial charge is 0.467 e. The normalized spacial score (nSPS) is 10.6. The molecule has 2 aromatic rings. The predicted octanol–water partition coefficient (Wildman–Crippen LogP) is 2.10. The molecule has 2 aromatic heterocycles. The molecule has 90 valence electrons. The molecule has 0 saturated carbocycles. The smallest absolute Gasteiger partial charge is 0.322 e. The number of methoxy groups -OCH3 is 1. The lowest BCUT2D eigenvalue weighted by atomic mass is 10.4. The van der Waals surface area contributed by atoms with E-state index in [0.717, 1.165) is 15.9 Å². The van der Waals surface area contributed by atoms with E-state index in [1.807, 2.05) is 13.8 Å². The average Bonchev–Trinajstić information content (AvgIpc) is 2.56. The van der Waals surface area contributed by atoms with Crippen molar-refractivity contribution < 1.29 is 4.74 Å². The molecule has 0 aliphatic rings. The van der Waals surface area contributed by atoms with Crippen LogP contribution in [0.15, 0.2) is 4.47 Å². The molecule has 0 atom stereocenters. The highest BCUT2D eigenvalue weighted by atomic mass is 79.9. The second-order valence-corrected chi connectivity index (χ2v) is 4.42. The highest BCUT2D eigenvalue weighted by molar-refractivity contribution is 9.10. The molecule has 0 N–H and O–H groups in total. The van der Waals surface area contributed by atoms with Crippen LogP contribution in [0.5, 0.6) is 6.01 Å². The second kappa shape index (κ2) is 4.58. The highest BCUT2D eigenvalue weighted by Crippen LogP contribution is 2.22. The van der Waals surface area contributed by atoms with Crippen LogP contribution >= 0.6 is 27.5 Å². The van der Waals surface area contributed by atoms with Gasteiger partial charge in [0.05, 0.1) is 23.0 Å². The molecule has 0 aliphatic carbocycles. The molecule has 0 amide bonds. The zero-order valence-electron chi connectivity index (χ0n) is 9.40. The van der Waals surface area contributed by atoms with Crippen molar-refractivity contribution in [3.63, 3.8) is 0 Å². The van der Waals surface area contributed by atoms with Gasteiger partial charge in [0.15, 0.2) is 0 Å². The predicted molar refractivity (Wildman–Crippen MR) is 65.7 cm³/mol. The number of hydrogen-bond donors (Lipinski definition) is 0. The van der Waals surface area contributed by atoms with Gasteiger partial charge >= 0.3 is 6.01 Å². The van der Waals surface area contributed by atoms with Crippen molar-refractivity contribution in [1.29, 1.82) is 0 Å². The molecule has 2 heterocycles. The summed E-state index contributed by atoms with van der Waals surface area (Å²) in [5.41, 5.74) is 1.73. The van der Waals surface area contributed by atoms with Crippen LogP contribution in [0.4, 0.5) is 0 Å². The molecule has 0 radical (unpaired) electrons. The van der Waals surface area contributed by atoms with Gasteiger partial charge in [-0.25, -0.2) is 4.68 Å². The maximum atomic E-state index is 5.78. The maximum absolute atomic E-state index is 5.78. The minimum Gasteiger partial charge on any atom is -0.467 e. The molecule has 0 bridgehead atoms. The lowest BCUT2D eigenvalue weighted by Crippen LogP contribution is -2.07. The molecule has 6 nitrogen and oxygen atoms in total. The quantitative estimate of drug-likeness (QED) is 0.848. The molecule has 0 spiro atoms. The summed E-state index contributed by atoms with van der Waals surface area (Å²) in [6.07, 6.45) is 0. The number of aromatic nitrogens is 5. The Morgan fingerprint density at radius 2 is 1.94 bits per heavy atom. The van der Waals surface area contributed by atoms with E-state index in [0.29, 0.717) is 5.95 Å². The number of hydrogen-bond acceptors (Lipinski definition) is 5. The third-order valence-corrected chi connectivity index (χ3v) is 3.47. The molecule has 0 unspecified atom stereocenters. The van der Waals surface area contributed by atoms with Crippen LogP contribution in [-0.4, -0.2) is 31.8 Å². The fourth-order valence-corrected chi connectivity index (χ4v) is 1.72. The Kier molecular flexibility index (Phi) is 3.30. The molecular formula is C9H9BrClN5O. The van der Waals surface area contributed by atoms with E-state index in [1.165, 1.54) is 7.11 Å². The lowest BCUT2D eigenvalue weighted by molar-refractivity contribution is 0.376. The fraction of sp³-hybridized carbons (Fsp3) is 0.333. The van der Waals surface area contributed by atoms with Crippen molar-refractivity contribution >= 4 is 27.5 Å². The van der Waals surface area contributed by atoms with Crippen LogP contribution in [0, 0.1) is 13.8 Å². The monoisotopic (exact) mass is 317 g/mol. The van der Waals surface area contributed by atoms with Crippen molar-refractivity contribution in [1.82, 2.24) is 24.7 Å². The van der Waals surface area contributed by atoms with Crippen LogP contribution in [0.1, 0.15) is 11.4 Å². The fourth-order valence-electron chi connectivity index (χ4n) is 1.33. The Hall–Kier alpha value is -1.21. The van der Waals surface area contributed by atoms with Crippen LogP contribution in [-0.2, 0) is 0 Å². The van der Waals surface area contributed by atoms with E-state index in [4.69, 9.17) is 16.3 Å². The zero-order valence-corrected chi connectivity index (χ0v) is 11.7. The maximum Gasteiger partial charge on any atom is 0.322 e. The summed E-state index contributed by atoms with van der Waals surface area (Å²) in [5, 5.41) is 4.36. The second-order valence-electron chi connectivity index (χ2n) is 3.29. The third kappa shape index (κ3) is 2.25. The van der Waals surface area contributed by atoms with Gasteiger partial charge in [0.25, 0.3) is 5.95 Å². The molecule has 0 aliphatic heterocycles. The molecule has 17 heavy (non-hydrogen) atoms. The average molecular weight is 319 g/mol. The van der Waals surface area contributed by atoms with Crippen LogP contribution in [0.25, 0.3) is 5.95 Å². The molecule has 0 fully saturated rings. The van der Waals surface area contributed by atoms with Crippen molar-refractivity contribution in [2.75, 3.05) is 7.11 Å². The number of aryl methyl sites for hydroxylation is 1. The van der Waals surface area contributed by atoms with Crippen molar-refractivity contribution in [3.8, 4) is 12.0 Å². The van der Waals surface area contributed by atoms with E-state index < -0.39 is 0 Å². The van der Waals surface area contributed by atoms with Crippen molar-refractivity contribution in [3.05, 3.63) is 21.1 Å². The topological polar surface area (TPSA) is 65.7 Å². The minimum atomic E-state index is 0.0653. The van der Waals surface area contributed by atoms with Gasteiger partial charge in [-0.3, -0.25) is 0 Å². The molecule has 0 saturated heterocycles. The van der Waals surface area contributed by atoms with E-state index in [-0.39, 0.29) is 11.3 Å². The SMILES string of the molecule is COc1nc(Cl)nc(-n2nc(C)c(Br)c2C)n1. The van der Waals surface area contributed by atoms with Gasteiger partial charge in [-0.15, -0.1) is 0 Å². The van der Waals surface area contributed by atoms with E-state index >= 15 is 0 Å². The Morgan fingerprint density at radius 3 is 2.47 bits per heavy atom. The number of halogens is 2. The van der Waals surface area contributed by atoms with Gasteiger partial charge in [-0.1, -0.05) is 0 Å². The van der Waals surface area contributed by atoms with Gasteiger partial charge in [0.1, 0.15) is 0 Å². The lowest BCUT2D eigenvalue weighted by Gasteiger charge is -2.04. The molecule has 8 heteroatoms. The minimum absolute atomic E-state index is 0.0653. The van der Waals surface area contributed by atoms with E-state index in [1.54, 1.807) is 4.68 Å². The van der Waals surface area contributed by atoms with Gasteiger partial charge in [-0.2, -0.15) is 20.1 Å². The number of ether oxygens (including phenoxy) is 1. The summed E-state index contributed by atoms with van der Waals surface area (Å²) in [5.74, 6) is 0.327. The van der Waals surface area contributed by atoms with E-state index in [9.17, 15) is 0 Å². The zero-order chi connectivity index (χ0) is 12.6. The summed E-state index contributed by atoms with van der Waals surface area (Å²) < 4.78 is 7.42. The summed E-state index contributed by atoms with van der Waals surface area (Å²) in [6, 6.07) is 0.156. The van der Waals surface area contributed by atoms with Crippen molar-refractivity contribution in [2.24, 2.45) is 0 Å². The van der Waals surface area contributed by atoms with Crippen LogP contribution in [0.3, 0.4) is 0 Å². The van der Waals surface area contributed by atoms with Gasteiger partial charge in [-0.05, 0) is 41.4 Å². The standard InChI is InChI=1S/C9H9BrClN5O/c1-4-6(10)5(2)16(15-4)8-12-7(11)13-9(14-8)17-3/h1-3H3. The summed E-state index contributed by atoms with van der Waals surface area (Å²) in [6.45, 7) is 3.78. The Morgan fingerprint density at radius 1 is 1.24 bits per heavy atom. The first-order valence-corrected chi connectivity index (χ1v) is 5.87. The third-order valence-electron chi connectivity index (χ3n) is 2.15. The summed E-state index contributed by atoms with van der Waals surface area (Å²) in [7, 11) is 1.46. The summed E-state index contributed by atoms with van der Waals surface area (Å²) in [4.78, 5) is 11.9. The first-order valence-electron chi connectivity index (χ1n) is 4.70. The van der Waals surface area contributed by atoms with Crippen LogP contribution in [0.2, 0.25) is 5.28 Å². The molecular weight excluding hydrogens is 309 g/mol. The molecule has 2 rings (SSSR count). The Balaban J connectivity index is 2.59. The first-order chi connectivity index (χ1) is 8.02. The Bertz CT molecular complexity index is 571. The van der Waals surface area contributed by atoms with Gasteiger partial charge in [0.2, 0.25) is 5.28 Å². The van der Waals surface area contributed by atoms with Crippen LogP contribution < -0.4 is 4.74 Å². The van der Waals surface area contributed by atoms with E-state index in [2.05, 4.69) is 36.0 Å². The number of nitrogens with zero attached hydrogens (tertiary/aromatic N) is 5. The van der Waals surface area contributed by atoms with Crippen molar-refractivity contribution in [2.45, 2.75) is 13.8 Å². The number of rotatable bonds is 2. The van der Waals surface area contributed by atoms with Gasteiger partial charge in [0, 0.05) is 0 Å².